The van der Waals surface area contributed by atoms with Crippen molar-refractivity contribution in [3.63, 3.8) is 0 Å². The SMILES string of the molecule is CCC1C(C)=I1(Oc1ccccc1)C1CO1. The molecular formula is C13H17IO2. The fourth-order valence-corrected chi connectivity index (χ4v) is 13.3. The molecule has 3 heteroatoms. The summed E-state index contributed by atoms with van der Waals surface area (Å²) in [5.41, 5.74) is 0. The summed E-state index contributed by atoms with van der Waals surface area (Å²) < 4.78 is 14.8. The van der Waals surface area contributed by atoms with Gasteiger partial charge in [0.15, 0.2) is 0 Å². The molecule has 16 heavy (non-hydrogen) atoms. The Hall–Kier alpha value is -0.420. The van der Waals surface area contributed by atoms with Crippen LogP contribution >= 0.6 is 18.4 Å². The molecule has 1 saturated heterocycles. The van der Waals surface area contributed by atoms with E-state index in [4.69, 9.17) is 7.80 Å². The van der Waals surface area contributed by atoms with Crippen LogP contribution in [0.25, 0.3) is 0 Å². The van der Waals surface area contributed by atoms with Gasteiger partial charge in [-0.05, 0) is 0 Å². The van der Waals surface area contributed by atoms with Gasteiger partial charge in [0.25, 0.3) is 0 Å². The van der Waals surface area contributed by atoms with Crippen molar-refractivity contribution in [1.29, 1.82) is 0 Å². The predicted octanol–water partition coefficient (Wildman–Crippen LogP) is 3.36. The number of hydrogen-bond donors (Lipinski definition) is 0. The first-order valence-electron chi connectivity index (χ1n) is 5.73. The van der Waals surface area contributed by atoms with Crippen molar-refractivity contribution in [1.82, 2.24) is 0 Å². The van der Waals surface area contributed by atoms with Gasteiger partial charge in [-0.3, -0.25) is 0 Å². The zero-order chi connectivity index (χ0) is 11.2. The van der Waals surface area contributed by atoms with Gasteiger partial charge in [0, 0.05) is 0 Å². The summed E-state index contributed by atoms with van der Waals surface area (Å²) in [5, 5.41) is 0. The van der Waals surface area contributed by atoms with Gasteiger partial charge in [0.1, 0.15) is 0 Å². The van der Waals surface area contributed by atoms with Gasteiger partial charge >= 0.3 is 101 Å². The third kappa shape index (κ3) is 1.52. The number of epoxide rings is 1. The van der Waals surface area contributed by atoms with E-state index in [9.17, 15) is 0 Å². The Kier molecular flexibility index (Phi) is 2.55. The van der Waals surface area contributed by atoms with Crippen LogP contribution in [-0.2, 0) is 4.74 Å². The Morgan fingerprint density at radius 1 is 1.38 bits per heavy atom. The van der Waals surface area contributed by atoms with Crippen LogP contribution in [0.5, 0.6) is 5.75 Å². The second kappa shape index (κ2) is 3.81. The van der Waals surface area contributed by atoms with E-state index in [2.05, 4.69) is 26.0 Å². The van der Waals surface area contributed by atoms with Crippen molar-refractivity contribution in [3.05, 3.63) is 30.3 Å². The quantitative estimate of drug-likeness (QED) is 0.479. The molecule has 1 aromatic rings. The Labute approximate surface area is 100 Å². The average molecular weight is 332 g/mol. The summed E-state index contributed by atoms with van der Waals surface area (Å²) in [6.07, 6.45) is 1.22. The molecule has 2 aliphatic heterocycles. The van der Waals surface area contributed by atoms with E-state index in [1.165, 1.54) is 6.42 Å². The van der Waals surface area contributed by atoms with Crippen molar-refractivity contribution in [2.45, 2.75) is 28.3 Å². The molecule has 2 heterocycles. The van der Waals surface area contributed by atoms with Gasteiger partial charge in [-0.1, -0.05) is 0 Å². The number of ether oxygens (including phenoxy) is 1. The van der Waals surface area contributed by atoms with Crippen LogP contribution in [0.15, 0.2) is 30.3 Å². The van der Waals surface area contributed by atoms with Crippen molar-refractivity contribution in [2.24, 2.45) is 0 Å². The number of hydrogen-bond acceptors (Lipinski definition) is 2. The summed E-state index contributed by atoms with van der Waals surface area (Å²) >= 11 is -2.17. The molecule has 2 nitrogen and oxygen atoms in total. The standard InChI is InChI=1S/C13H17IO2/c1-3-12-10(2)14(12,13-9-15-13)16-11-7-5-4-6-8-11/h4-8,12-13H,3,9H2,1-2H3. The summed E-state index contributed by atoms with van der Waals surface area (Å²) in [4.78, 5) is 0. The number of para-hydroxylation sites is 1. The summed E-state index contributed by atoms with van der Waals surface area (Å²) in [6, 6.07) is 10.2. The summed E-state index contributed by atoms with van der Waals surface area (Å²) in [7, 11) is 0. The van der Waals surface area contributed by atoms with Crippen LogP contribution in [0.3, 0.4) is 0 Å². The van der Waals surface area contributed by atoms with E-state index in [0.29, 0.717) is 4.11 Å². The minimum atomic E-state index is -2.17. The van der Waals surface area contributed by atoms with E-state index < -0.39 is 18.4 Å². The fraction of sp³-hybridized carbons (Fsp3) is 0.462. The molecule has 88 valence electrons. The van der Waals surface area contributed by atoms with Crippen LogP contribution in [0.2, 0.25) is 0 Å². The van der Waals surface area contributed by atoms with Gasteiger partial charge in [0.2, 0.25) is 0 Å². The number of rotatable bonds is 4. The molecule has 1 fully saturated rings. The Morgan fingerprint density at radius 3 is 2.56 bits per heavy atom. The van der Waals surface area contributed by atoms with E-state index >= 15 is 0 Å². The summed E-state index contributed by atoms with van der Waals surface area (Å²) in [6.45, 7) is 5.46. The van der Waals surface area contributed by atoms with E-state index in [1.54, 1.807) is 3.51 Å². The number of alkyl halides is 2. The maximum absolute atomic E-state index is 6.37. The van der Waals surface area contributed by atoms with Crippen LogP contribution in [0, 0.1) is 0 Å². The normalized spacial score (nSPS) is 40.0. The molecule has 0 N–H and O–H groups in total. The monoisotopic (exact) mass is 332 g/mol. The van der Waals surface area contributed by atoms with Crippen molar-refractivity contribution in [3.8, 4) is 5.75 Å². The van der Waals surface area contributed by atoms with Crippen LogP contribution in [0.1, 0.15) is 20.3 Å². The fourth-order valence-electron chi connectivity index (χ4n) is 2.28. The molecule has 0 bridgehead atoms. The van der Waals surface area contributed by atoms with Crippen molar-refractivity contribution in [2.75, 3.05) is 6.61 Å². The summed E-state index contributed by atoms with van der Waals surface area (Å²) in [5.74, 6) is 1.03. The maximum atomic E-state index is 6.37. The molecule has 0 radical (unpaired) electrons. The average Bonchev–Trinajstić information content (AvgIpc) is 3.19. The van der Waals surface area contributed by atoms with Gasteiger partial charge < -0.3 is 0 Å². The number of benzene rings is 1. The molecule has 0 spiro atoms. The zero-order valence-electron chi connectivity index (χ0n) is 9.65. The molecule has 2 aliphatic rings. The molecule has 0 aromatic heterocycles. The Morgan fingerprint density at radius 2 is 2.06 bits per heavy atom. The van der Waals surface area contributed by atoms with Gasteiger partial charge in [-0.15, -0.1) is 0 Å². The third-order valence-electron chi connectivity index (χ3n) is 3.21. The first-order valence-corrected chi connectivity index (χ1v) is 10.2. The van der Waals surface area contributed by atoms with Gasteiger partial charge in [-0.25, -0.2) is 0 Å². The molecule has 0 aliphatic carbocycles. The molecule has 0 amide bonds. The zero-order valence-corrected chi connectivity index (χ0v) is 11.8. The molecule has 3 rings (SSSR count). The van der Waals surface area contributed by atoms with Crippen molar-refractivity contribution < 1.29 is 7.80 Å². The Balaban J connectivity index is 1.87. The Bertz CT molecular complexity index is 448. The number of halogens is 1. The molecule has 1 aromatic carbocycles. The van der Waals surface area contributed by atoms with Gasteiger partial charge in [0.05, 0.1) is 0 Å². The minimum absolute atomic E-state index is 0.469. The van der Waals surface area contributed by atoms with E-state index in [-0.39, 0.29) is 0 Å². The molecule has 3 unspecified atom stereocenters. The first-order chi connectivity index (χ1) is 7.79. The molecule has 0 saturated carbocycles. The van der Waals surface area contributed by atoms with E-state index in [0.717, 1.165) is 16.3 Å². The third-order valence-corrected chi connectivity index (χ3v) is 14.0. The topological polar surface area (TPSA) is 21.8 Å². The van der Waals surface area contributed by atoms with Crippen LogP contribution in [-0.4, -0.2) is 18.2 Å². The van der Waals surface area contributed by atoms with Crippen molar-refractivity contribution >= 4 is 21.9 Å². The predicted molar refractivity (Wildman–Crippen MR) is 75.6 cm³/mol. The van der Waals surface area contributed by atoms with Crippen LogP contribution in [0.4, 0.5) is 0 Å². The molecular weight excluding hydrogens is 315 g/mol. The second-order valence-electron chi connectivity index (χ2n) is 4.20. The molecule has 3 atom stereocenters. The van der Waals surface area contributed by atoms with E-state index in [1.807, 2.05) is 18.2 Å². The van der Waals surface area contributed by atoms with Crippen LogP contribution < -0.4 is 3.07 Å². The second-order valence-corrected chi connectivity index (χ2v) is 12.7. The van der Waals surface area contributed by atoms with Gasteiger partial charge in [-0.2, -0.15) is 0 Å². The first kappa shape index (κ1) is 10.7.